The third kappa shape index (κ3) is 3.25. The van der Waals surface area contributed by atoms with Crippen molar-refractivity contribution in [1.29, 1.82) is 0 Å². The van der Waals surface area contributed by atoms with Gasteiger partial charge in [0.05, 0.1) is 5.56 Å². The van der Waals surface area contributed by atoms with Crippen molar-refractivity contribution < 1.29 is 13.2 Å². The number of hydrogen-bond donors (Lipinski definition) is 1. The lowest BCUT2D eigenvalue weighted by Crippen LogP contribution is -2.04. The Morgan fingerprint density at radius 1 is 1.07 bits per heavy atom. The van der Waals surface area contributed by atoms with Crippen LogP contribution in [0.2, 0.25) is 0 Å². The average molecular weight is 220 g/mol. The minimum absolute atomic E-state index is 0.591. The summed E-state index contributed by atoms with van der Waals surface area (Å²) >= 11 is 4.04. The van der Waals surface area contributed by atoms with Gasteiger partial charge in [0.15, 0.2) is 0 Å². The minimum Gasteiger partial charge on any atom is -0.179 e. The first-order chi connectivity index (χ1) is 6.54. The third-order valence-corrected chi connectivity index (χ3v) is 2.22. The standard InChI is InChI=1S/C10H11F3S/c11-10(12,13)9-5-3-8(4-6-9)2-1-7-14/h3-6,14H,1-2,7H2. The van der Waals surface area contributed by atoms with Crippen molar-refractivity contribution >= 4 is 12.6 Å². The zero-order chi connectivity index (χ0) is 10.6. The van der Waals surface area contributed by atoms with Crippen LogP contribution in [0.3, 0.4) is 0 Å². The normalized spacial score (nSPS) is 11.7. The van der Waals surface area contributed by atoms with Gasteiger partial charge in [0.2, 0.25) is 0 Å². The van der Waals surface area contributed by atoms with Crippen LogP contribution >= 0.6 is 12.6 Å². The van der Waals surface area contributed by atoms with Gasteiger partial charge >= 0.3 is 6.18 Å². The van der Waals surface area contributed by atoms with Crippen LogP contribution in [0.25, 0.3) is 0 Å². The van der Waals surface area contributed by atoms with Gasteiger partial charge in [-0.2, -0.15) is 25.8 Å². The summed E-state index contributed by atoms with van der Waals surface area (Å²) in [5.41, 5.74) is 0.333. The van der Waals surface area contributed by atoms with E-state index in [1.54, 1.807) is 0 Å². The van der Waals surface area contributed by atoms with Gasteiger partial charge in [0.25, 0.3) is 0 Å². The first-order valence-electron chi connectivity index (χ1n) is 4.31. The Bertz CT molecular complexity index is 276. The maximum atomic E-state index is 12.2. The average Bonchev–Trinajstić information content (AvgIpc) is 2.14. The SMILES string of the molecule is FC(F)(F)c1ccc(CCCS)cc1. The highest BCUT2D eigenvalue weighted by Gasteiger charge is 2.29. The van der Waals surface area contributed by atoms with E-state index in [4.69, 9.17) is 0 Å². The monoisotopic (exact) mass is 220 g/mol. The largest absolute Gasteiger partial charge is 0.416 e. The number of rotatable bonds is 3. The van der Waals surface area contributed by atoms with Crippen molar-refractivity contribution in [2.24, 2.45) is 0 Å². The molecular weight excluding hydrogens is 209 g/mol. The molecular formula is C10H11F3S. The molecule has 1 aromatic carbocycles. The van der Waals surface area contributed by atoms with Crippen molar-refractivity contribution in [3.63, 3.8) is 0 Å². The van der Waals surface area contributed by atoms with Crippen molar-refractivity contribution in [1.82, 2.24) is 0 Å². The second-order valence-corrected chi connectivity index (χ2v) is 3.47. The number of thiol groups is 1. The lowest BCUT2D eigenvalue weighted by atomic mass is 10.1. The molecule has 0 aliphatic rings. The fourth-order valence-electron chi connectivity index (χ4n) is 1.14. The van der Waals surface area contributed by atoms with E-state index < -0.39 is 11.7 Å². The van der Waals surface area contributed by atoms with E-state index in [9.17, 15) is 13.2 Å². The molecule has 0 N–H and O–H groups in total. The number of halogens is 3. The molecule has 0 saturated heterocycles. The molecule has 0 aliphatic heterocycles. The molecule has 0 atom stereocenters. The van der Waals surface area contributed by atoms with Crippen LogP contribution in [0.1, 0.15) is 17.5 Å². The zero-order valence-corrected chi connectivity index (χ0v) is 8.41. The summed E-state index contributed by atoms with van der Waals surface area (Å²) in [6.45, 7) is 0. The molecule has 1 aromatic rings. The third-order valence-electron chi connectivity index (χ3n) is 1.90. The Hall–Kier alpha value is -0.640. The fourth-order valence-corrected chi connectivity index (χ4v) is 1.30. The number of hydrogen-bond acceptors (Lipinski definition) is 1. The van der Waals surface area contributed by atoms with Gasteiger partial charge in [0.1, 0.15) is 0 Å². The van der Waals surface area contributed by atoms with Crippen LogP contribution in [0, 0.1) is 0 Å². The van der Waals surface area contributed by atoms with E-state index in [0.29, 0.717) is 0 Å². The summed E-state index contributed by atoms with van der Waals surface area (Å²) in [5, 5.41) is 0. The highest BCUT2D eigenvalue weighted by atomic mass is 32.1. The van der Waals surface area contributed by atoms with Crippen LogP contribution in [-0.2, 0) is 12.6 Å². The summed E-state index contributed by atoms with van der Waals surface area (Å²) in [5.74, 6) is 0.751. The highest BCUT2D eigenvalue weighted by molar-refractivity contribution is 7.80. The van der Waals surface area contributed by atoms with Gasteiger partial charge < -0.3 is 0 Å². The summed E-state index contributed by atoms with van der Waals surface area (Å²) < 4.78 is 36.5. The maximum absolute atomic E-state index is 12.2. The predicted molar refractivity (Wildman–Crippen MR) is 53.6 cm³/mol. The molecule has 4 heteroatoms. The molecule has 0 amide bonds. The topological polar surface area (TPSA) is 0 Å². The first kappa shape index (κ1) is 11.4. The van der Waals surface area contributed by atoms with Gasteiger partial charge in [-0.15, -0.1) is 0 Å². The van der Waals surface area contributed by atoms with Crippen molar-refractivity contribution in [3.05, 3.63) is 35.4 Å². The summed E-state index contributed by atoms with van der Waals surface area (Å²) in [4.78, 5) is 0. The number of benzene rings is 1. The lowest BCUT2D eigenvalue weighted by molar-refractivity contribution is -0.137. The molecule has 0 nitrogen and oxygen atoms in total. The van der Waals surface area contributed by atoms with E-state index in [2.05, 4.69) is 12.6 Å². The Labute approximate surface area is 86.5 Å². The second-order valence-electron chi connectivity index (χ2n) is 3.02. The van der Waals surface area contributed by atoms with Crippen LogP contribution < -0.4 is 0 Å². The number of alkyl halides is 3. The number of aryl methyl sites for hydroxylation is 1. The van der Waals surface area contributed by atoms with Crippen LogP contribution in [0.4, 0.5) is 13.2 Å². The van der Waals surface area contributed by atoms with Crippen LogP contribution in [0.15, 0.2) is 24.3 Å². The summed E-state index contributed by atoms with van der Waals surface area (Å²) in [6.07, 6.45) is -2.57. The molecule has 0 heterocycles. The molecule has 78 valence electrons. The van der Waals surface area contributed by atoms with E-state index in [1.807, 2.05) is 0 Å². The molecule has 0 bridgehead atoms. The van der Waals surface area contributed by atoms with Crippen LogP contribution in [0.5, 0.6) is 0 Å². The Kier molecular flexibility index (Phi) is 3.86. The van der Waals surface area contributed by atoms with Crippen molar-refractivity contribution in [3.8, 4) is 0 Å². The molecule has 0 aliphatic carbocycles. The molecule has 1 rings (SSSR count). The Morgan fingerprint density at radius 3 is 2.07 bits per heavy atom. The van der Waals surface area contributed by atoms with E-state index >= 15 is 0 Å². The van der Waals surface area contributed by atoms with Crippen molar-refractivity contribution in [2.45, 2.75) is 19.0 Å². The first-order valence-corrected chi connectivity index (χ1v) is 4.94. The lowest BCUT2D eigenvalue weighted by Gasteiger charge is -2.07. The second kappa shape index (κ2) is 4.73. The smallest absolute Gasteiger partial charge is 0.179 e. The fraction of sp³-hybridized carbons (Fsp3) is 0.400. The van der Waals surface area contributed by atoms with Crippen molar-refractivity contribution in [2.75, 3.05) is 5.75 Å². The minimum atomic E-state index is -4.23. The molecule has 0 saturated carbocycles. The summed E-state index contributed by atoms with van der Waals surface area (Å²) in [6, 6.07) is 5.28. The van der Waals surface area contributed by atoms with E-state index in [-0.39, 0.29) is 0 Å². The van der Waals surface area contributed by atoms with Gasteiger partial charge in [-0.25, -0.2) is 0 Å². The van der Waals surface area contributed by atoms with Gasteiger partial charge in [0, 0.05) is 0 Å². The quantitative estimate of drug-likeness (QED) is 0.740. The molecule has 14 heavy (non-hydrogen) atoms. The van der Waals surface area contributed by atoms with Gasteiger partial charge in [-0.3, -0.25) is 0 Å². The Morgan fingerprint density at radius 2 is 1.64 bits per heavy atom. The summed E-state index contributed by atoms with van der Waals surface area (Å²) in [7, 11) is 0. The molecule has 0 spiro atoms. The van der Waals surface area contributed by atoms with Crippen LogP contribution in [-0.4, -0.2) is 5.75 Å². The predicted octanol–water partition coefficient (Wildman–Crippen LogP) is 3.57. The maximum Gasteiger partial charge on any atom is 0.416 e. The highest BCUT2D eigenvalue weighted by Crippen LogP contribution is 2.29. The molecule has 0 aromatic heterocycles. The zero-order valence-electron chi connectivity index (χ0n) is 7.51. The Balaban J connectivity index is 2.69. The van der Waals surface area contributed by atoms with Gasteiger partial charge in [-0.05, 0) is 36.3 Å². The molecule has 0 fully saturated rings. The molecule has 0 unspecified atom stereocenters. The van der Waals surface area contributed by atoms with Gasteiger partial charge in [-0.1, -0.05) is 12.1 Å². The van der Waals surface area contributed by atoms with E-state index in [0.717, 1.165) is 36.3 Å². The molecule has 0 radical (unpaired) electrons. The van der Waals surface area contributed by atoms with E-state index in [1.165, 1.54) is 12.1 Å².